The normalized spacial score (nSPS) is 17.0. The molecule has 0 saturated carbocycles. The number of carbonyl (C=O) groups excluding carboxylic acids is 2. The van der Waals surface area contributed by atoms with Crippen molar-refractivity contribution < 1.29 is 9.59 Å². The molecule has 0 unspecified atom stereocenters. The second-order valence-electron chi connectivity index (χ2n) is 8.35. The molecule has 1 aliphatic rings. The van der Waals surface area contributed by atoms with Gasteiger partial charge in [0.1, 0.15) is 6.54 Å². The predicted octanol–water partition coefficient (Wildman–Crippen LogP) is 3.09. The third kappa shape index (κ3) is 4.42. The van der Waals surface area contributed by atoms with Crippen LogP contribution in [0.15, 0.2) is 29.4 Å². The van der Waals surface area contributed by atoms with Crippen LogP contribution in [0.4, 0.5) is 0 Å². The first kappa shape index (κ1) is 21.7. The van der Waals surface area contributed by atoms with E-state index in [0.717, 1.165) is 36.8 Å². The molecule has 0 aliphatic carbocycles. The van der Waals surface area contributed by atoms with Crippen molar-refractivity contribution in [3.8, 4) is 0 Å². The van der Waals surface area contributed by atoms with Crippen molar-refractivity contribution in [2.45, 2.75) is 70.2 Å². The van der Waals surface area contributed by atoms with Gasteiger partial charge in [-0.05, 0) is 51.7 Å². The van der Waals surface area contributed by atoms with Crippen LogP contribution in [0.3, 0.4) is 0 Å². The van der Waals surface area contributed by atoms with Gasteiger partial charge in [0.15, 0.2) is 5.16 Å². The molecule has 2 aromatic heterocycles. The van der Waals surface area contributed by atoms with Gasteiger partial charge >= 0.3 is 0 Å². The summed E-state index contributed by atoms with van der Waals surface area (Å²) in [5.41, 5.74) is 1.85. The summed E-state index contributed by atoms with van der Waals surface area (Å²) in [7, 11) is 0. The van der Waals surface area contributed by atoms with Gasteiger partial charge in [-0.3, -0.25) is 18.6 Å². The fourth-order valence-electron chi connectivity index (χ4n) is 4.36. The smallest absolute Gasteiger partial charge is 0.240 e. The number of nitrogens with zero attached hydrogens (tertiary/aromatic N) is 5. The number of likely N-dealkylation sites (tertiary alicyclic amines) is 1. The molecule has 3 heterocycles. The number of para-hydroxylation sites is 2. The van der Waals surface area contributed by atoms with Crippen molar-refractivity contribution in [2.75, 3.05) is 12.3 Å². The van der Waals surface area contributed by atoms with Gasteiger partial charge in [0.05, 0.1) is 16.8 Å². The number of carbonyl (C=O) groups is 2. The molecule has 4 rings (SSSR count). The molecule has 0 spiro atoms. The molecule has 9 heteroatoms. The molecule has 1 saturated heterocycles. The molecule has 31 heavy (non-hydrogen) atoms. The number of fused-ring (bicyclic) bond motifs is 3. The van der Waals surface area contributed by atoms with E-state index in [1.807, 2.05) is 52.0 Å². The van der Waals surface area contributed by atoms with Gasteiger partial charge in [-0.2, -0.15) is 0 Å². The Morgan fingerprint density at radius 2 is 1.97 bits per heavy atom. The van der Waals surface area contributed by atoms with Crippen LogP contribution in [-0.2, 0) is 16.1 Å². The predicted molar refractivity (Wildman–Crippen MR) is 122 cm³/mol. The van der Waals surface area contributed by atoms with E-state index in [1.165, 1.54) is 18.2 Å². The van der Waals surface area contributed by atoms with E-state index in [-0.39, 0.29) is 24.4 Å². The van der Waals surface area contributed by atoms with Crippen LogP contribution < -0.4 is 5.32 Å². The van der Waals surface area contributed by atoms with E-state index in [4.69, 9.17) is 0 Å². The topological polar surface area (TPSA) is 84.5 Å². The first-order chi connectivity index (χ1) is 15.0. The van der Waals surface area contributed by atoms with Crippen LogP contribution in [0.5, 0.6) is 0 Å². The molecule has 1 atom stereocenters. The first-order valence-electron chi connectivity index (χ1n) is 11.0. The lowest BCUT2D eigenvalue weighted by atomic mass is 10.0. The number of imidazole rings is 1. The molecular weight excluding hydrogens is 412 g/mol. The van der Waals surface area contributed by atoms with Gasteiger partial charge in [0, 0.05) is 18.6 Å². The molecule has 1 fully saturated rings. The Morgan fingerprint density at radius 1 is 1.19 bits per heavy atom. The Kier molecular flexibility index (Phi) is 6.50. The van der Waals surface area contributed by atoms with Crippen molar-refractivity contribution in [3.05, 3.63) is 24.3 Å². The Bertz CT molecular complexity index is 1090. The Balaban J connectivity index is 1.59. The van der Waals surface area contributed by atoms with Gasteiger partial charge in [0.2, 0.25) is 17.6 Å². The Hall–Kier alpha value is -2.55. The molecule has 3 aromatic rings. The standard InChI is InChI=1S/C22H30N6O2S/c1-4-16-9-7-8-12-26(16)20(30)14-31-22-25-24-21-27(13-19(29)23-15(2)3)17-10-5-6-11-18(17)28(21)22/h5-6,10-11,15-16H,4,7-9,12-14H2,1-3H3,(H,23,29)/t16-/m1/s1. The van der Waals surface area contributed by atoms with Gasteiger partial charge in [-0.15, -0.1) is 10.2 Å². The highest BCUT2D eigenvalue weighted by molar-refractivity contribution is 7.99. The highest BCUT2D eigenvalue weighted by Gasteiger charge is 2.26. The van der Waals surface area contributed by atoms with Gasteiger partial charge in [-0.1, -0.05) is 30.8 Å². The summed E-state index contributed by atoms with van der Waals surface area (Å²) in [4.78, 5) is 27.4. The van der Waals surface area contributed by atoms with E-state index in [9.17, 15) is 9.59 Å². The number of nitrogens with one attached hydrogen (secondary N) is 1. The van der Waals surface area contributed by atoms with Crippen LogP contribution >= 0.6 is 11.8 Å². The minimum atomic E-state index is -0.0682. The summed E-state index contributed by atoms with van der Waals surface area (Å²) >= 11 is 1.41. The maximum absolute atomic E-state index is 12.9. The number of rotatable bonds is 7. The Labute approximate surface area is 186 Å². The van der Waals surface area contributed by atoms with E-state index < -0.39 is 0 Å². The molecule has 166 valence electrons. The highest BCUT2D eigenvalue weighted by atomic mass is 32.2. The van der Waals surface area contributed by atoms with Crippen LogP contribution in [0.25, 0.3) is 16.8 Å². The third-order valence-corrected chi connectivity index (χ3v) is 6.68. The average molecular weight is 443 g/mol. The van der Waals surface area contributed by atoms with E-state index in [2.05, 4.69) is 22.4 Å². The second kappa shape index (κ2) is 9.30. The zero-order chi connectivity index (χ0) is 22.0. The highest BCUT2D eigenvalue weighted by Crippen LogP contribution is 2.27. The van der Waals surface area contributed by atoms with E-state index in [1.54, 1.807) is 0 Å². The summed E-state index contributed by atoms with van der Waals surface area (Å²) in [6.45, 7) is 7.04. The number of benzene rings is 1. The summed E-state index contributed by atoms with van der Waals surface area (Å²) in [5, 5.41) is 12.3. The molecule has 1 N–H and O–H groups in total. The lowest BCUT2D eigenvalue weighted by Crippen LogP contribution is -2.44. The monoisotopic (exact) mass is 442 g/mol. The van der Waals surface area contributed by atoms with Crippen molar-refractivity contribution in [3.63, 3.8) is 0 Å². The number of hydrogen-bond acceptors (Lipinski definition) is 5. The van der Waals surface area contributed by atoms with Gasteiger partial charge < -0.3 is 10.2 Å². The Morgan fingerprint density at radius 3 is 2.71 bits per heavy atom. The number of amides is 2. The van der Waals surface area contributed by atoms with Crippen molar-refractivity contribution in [2.24, 2.45) is 0 Å². The lowest BCUT2D eigenvalue weighted by molar-refractivity contribution is -0.132. The second-order valence-corrected chi connectivity index (χ2v) is 9.29. The molecule has 1 aromatic carbocycles. The van der Waals surface area contributed by atoms with Gasteiger partial charge in [0.25, 0.3) is 0 Å². The van der Waals surface area contributed by atoms with Crippen LogP contribution in [0.2, 0.25) is 0 Å². The molecule has 1 aliphatic heterocycles. The SMILES string of the molecule is CC[C@@H]1CCCCN1C(=O)CSc1nnc2n(CC(=O)NC(C)C)c3ccccc3n12. The van der Waals surface area contributed by atoms with Crippen molar-refractivity contribution >= 4 is 40.4 Å². The fourth-order valence-corrected chi connectivity index (χ4v) is 5.19. The molecule has 2 amide bonds. The van der Waals surface area contributed by atoms with E-state index in [0.29, 0.717) is 22.7 Å². The lowest BCUT2D eigenvalue weighted by Gasteiger charge is -2.35. The molecule has 0 bridgehead atoms. The largest absolute Gasteiger partial charge is 0.352 e. The number of thioether (sulfide) groups is 1. The van der Waals surface area contributed by atoms with E-state index >= 15 is 0 Å². The zero-order valence-corrected chi connectivity index (χ0v) is 19.2. The average Bonchev–Trinajstić information content (AvgIpc) is 3.31. The summed E-state index contributed by atoms with van der Waals surface area (Å²) < 4.78 is 3.83. The summed E-state index contributed by atoms with van der Waals surface area (Å²) in [6, 6.07) is 8.30. The van der Waals surface area contributed by atoms with Crippen LogP contribution in [0, 0.1) is 0 Å². The van der Waals surface area contributed by atoms with Crippen LogP contribution in [-0.4, -0.2) is 60.3 Å². The van der Waals surface area contributed by atoms with Crippen molar-refractivity contribution in [1.29, 1.82) is 0 Å². The van der Waals surface area contributed by atoms with Crippen molar-refractivity contribution in [1.82, 2.24) is 29.4 Å². The number of aromatic nitrogens is 4. The quantitative estimate of drug-likeness (QED) is 0.569. The molecular formula is C22H30N6O2S. The van der Waals surface area contributed by atoms with Gasteiger partial charge in [-0.25, -0.2) is 0 Å². The van der Waals surface area contributed by atoms with Crippen LogP contribution in [0.1, 0.15) is 46.5 Å². The minimum Gasteiger partial charge on any atom is -0.352 e. The first-order valence-corrected chi connectivity index (χ1v) is 12.0. The number of piperidine rings is 1. The fraction of sp³-hybridized carbons (Fsp3) is 0.545. The minimum absolute atomic E-state index is 0.0682. The maximum atomic E-state index is 12.9. The number of hydrogen-bond donors (Lipinski definition) is 1. The third-order valence-electron chi connectivity index (χ3n) is 5.77. The molecule has 8 nitrogen and oxygen atoms in total. The molecule has 0 radical (unpaired) electrons. The summed E-state index contributed by atoms with van der Waals surface area (Å²) in [5.74, 6) is 1.04. The zero-order valence-electron chi connectivity index (χ0n) is 18.4. The maximum Gasteiger partial charge on any atom is 0.240 e. The summed E-state index contributed by atoms with van der Waals surface area (Å²) in [6.07, 6.45) is 4.36.